The van der Waals surface area contributed by atoms with Crippen molar-refractivity contribution in [2.75, 3.05) is 4.90 Å². The molecule has 56 heavy (non-hydrogen) atoms. The second-order valence-electron chi connectivity index (χ2n) is 16.6. The number of para-hydroxylation sites is 3. The SMILES string of the molecule is CC1(C)c2ccccc2-c2cc(N(c3ccc4c(c3)-c3ccccc3C4(C)C)c3ccccc3-c3ccc4c5ccccc5n(-c5ccccc5)c4c3)ccc21. The van der Waals surface area contributed by atoms with E-state index < -0.39 is 0 Å². The van der Waals surface area contributed by atoms with E-state index in [0.29, 0.717) is 0 Å². The Bertz CT molecular complexity index is 2930. The lowest BCUT2D eigenvalue weighted by Crippen LogP contribution is -2.16. The summed E-state index contributed by atoms with van der Waals surface area (Å²) in [7, 11) is 0. The van der Waals surface area contributed by atoms with E-state index in [-0.39, 0.29) is 10.8 Å². The molecule has 0 saturated heterocycles. The molecule has 2 heteroatoms. The van der Waals surface area contributed by atoms with E-state index in [1.54, 1.807) is 0 Å². The van der Waals surface area contributed by atoms with E-state index in [4.69, 9.17) is 0 Å². The third kappa shape index (κ3) is 4.62. The molecule has 0 radical (unpaired) electrons. The summed E-state index contributed by atoms with van der Waals surface area (Å²) < 4.78 is 2.41. The van der Waals surface area contributed by atoms with Crippen molar-refractivity contribution in [3.8, 4) is 39.1 Å². The summed E-state index contributed by atoms with van der Waals surface area (Å²) in [6.45, 7) is 9.42. The maximum Gasteiger partial charge on any atom is 0.0547 e. The fourth-order valence-electron chi connectivity index (χ4n) is 10.0. The summed E-state index contributed by atoms with van der Waals surface area (Å²) in [4.78, 5) is 2.49. The van der Waals surface area contributed by atoms with Gasteiger partial charge in [0.05, 0.1) is 16.7 Å². The van der Waals surface area contributed by atoms with Crippen LogP contribution in [0.25, 0.3) is 60.9 Å². The van der Waals surface area contributed by atoms with Crippen molar-refractivity contribution in [2.24, 2.45) is 0 Å². The zero-order valence-corrected chi connectivity index (χ0v) is 32.2. The van der Waals surface area contributed by atoms with Crippen LogP contribution in [0.4, 0.5) is 17.1 Å². The largest absolute Gasteiger partial charge is 0.310 e. The molecule has 2 nitrogen and oxygen atoms in total. The van der Waals surface area contributed by atoms with Gasteiger partial charge in [-0.25, -0.2) is 0 Å². The fourth-order valence-corrected chi connectivity index (χ4v) is 10.0. The molecule has 2 aliphatic rings. The van der Waals surface area contributed by atoms with Gasteiger partial charge in [0.2, 0.25) is 0 Å². The van der Waals surface area contributed by atoms with Crippen LogP contribution in [-0.2, 0) is 10.8 Å². The van der Waals surface area contributed by atoms with Gasteiger partial charge < -0.3 is 9.47 Å². The lowest BCUT2D eigenvalue weighted by atomic mass is 9.82. The van der Waals surface area contributed by atoms with Crippen LogP contribution < -0.4 is 4.90 Å². The van der Waals surface area contributed by atoms with Crippen LogP contribution in [0.5, 0.6) is 0 Å². The third-order valence-electron chi connectivity index (χ3n) is 12.8. The highest BCUT2D eigenvalue weighted by molar-refractivity contribution is 6.10. The van der Waals surface area contributed by atoms with Crippen molar-refractivity contribution >= 4 is 38.9 Å². The highest BCUT2D eigenvalue weighted by atomic mass is 15.1. The molecule has 1 aromatic heterocycles. The summed E-state index contributed by atoms with van der Waals surface area (Å²) in [6.07, 6.45) is 0. The van der Waals surface area contributed by atoms with Crippen LogP contribution in [0, 0.1) is 0 Å². The number of benzene rings is 8. The molecule has 0 spiro atoms. The highest BCUT2D eigenvalue weighted by Crippen LogP contribution is 2.54. The number of aromatic nitrogens is 1. The molecular weight excluding hydrogens is 677 g/mol. The summed E-state index contributed by atoms with van der Waals surface area (Å²) >= 11 is 0. The molecule has 268 valence electrons. The van der Waals surface area contributed by atoms with Gasteiger partial charge >= 0.3 is 0 Å². The van der Waals surface area contributed by atoms with Gasteiger partial charge in [-0.3, -0.25) is 0 Å². The molecule has 0 saturated carbocycles. The van der Waals surface area contributed by atoms with E-state index in [0.717, 1.165) is 22.7 Å². The van der Waals surface area contributed by atoms with Crippen LogP contribution in [0.1, 0.15) is 49.9 Å². The average Bonchev–Trinajstić information content (AvgIpc) is 3.78. The number of rotatable bonds is 5. The van der Waals surface area contributed by atoms with Gasteiger partial charge in [0.1, 0.15) is 0 Å². The zero-order chi connectivity index (χ0) is 37.8. The predicted molar refractivity (Wildman–Crippen MR) is 236 cm³/mol. The molecule has 0 bridgehead atoms. The molecular formula is C54H42N2. The predicted octanol–water partition coefficient (Wildman–Crippen LogP) is 14.5. The Morgan fingerprint density at radius 2 is 0.875 bits per heavy atom. The van der Waals surface area contributed by atoms with Crippen LogP contribution in [-0.4, -0.2) is 4.57 Å². The zero-order valence-electron chi connectivity index (χ0n) is 32.2. The van der Waals surface area contributed by atoms with Crippen LogP contribution in [0.3, 0.4) is 0 Å². The van der Waals surface area contributed by atoms with E-state index >= 15 is 0 Å². The van der Waals surface area contributed by atoms with Gasteiger partial charge in [-0.2, -0.15) is 0 Å². The molecule has 0 amide bonds. The number of anilines is 3. The molecule has 1 heterocycles. The number of fused-ring (bicyclic) bond motifs is 9. The maximum atomic E-state index is 2.49. The van der Waals surface area contributed by atoms with Crippen molar-refractivity contribution < 1.29 is 0 Å². The highest BCUT2D eigenvalue weighted by Gasteiger charge is 2.37. The standard InChI is InChI=1S/C54H42N2/c1-53(2)46-22-12-8-19-40(46)44-33-37(27-30-48(44)53)55(38-28-31-49-45(34-38)41-20-9-13-23-47(41)54(49,3)4)50-24-14-10-18-39(50)35-26-29-43-42-21-11-15-25-51(42)56(52(43)32-35)36-16-6-5-7-17-36/h5-34H,1-4H3. The van der Waals surface area contributed by atoms with Crippen LogP contribution >= 0.6 is 0 Å². The fraction of sp³-hybridized carbons (Fsp3) is 0.111. The quantitative estimate of drug-likeness (QED) is 0.172. The minimum absolute atomic E-state index is 0.0668. The first kappa shape index (κ1) is 32.8. The molecule has 2 aliphatic carbocycles. The van der Waals surface area contributed by atoms with Crippen molar-refractivity contribution in [3.05, 3.63) is 204 Å². The number of nitrogens with zero attached hydrogens (tertiary/aromatic N) is 2. The summed E-state index contributed by atoms with van der Waals surface area (Å²) in [5, 5.41) is 2.51. The Morgan fingerprint density at radius 1 is 0.375 bits per heavy atom. The Kier molecular flexibility index (Phi) is 6.98. The summed E-state index contributed by atoms with van der Waals surface area (Å²) in [5.41, 5.74) is 20.0. The molecule has 0 atom stereocenters. The summed E-state index contributed by atoms with van der Waals surface area (Å²) in [6, 6.07) is 67.6. The summed E-state index contributed by atoms with van der Waals surface area (Å²) in [5.74, 6) is 0. The van der Waals surface area contributed by atoms with Crippen molar-refractivity contribution in [3.63, 3.8) is 0 Å². The van der Waals surface area contributed by atoms with Gasteiger partial charge in [-0.1, -0.05) is 155 Å². The van der Waals surface area contributed by atoms with Gasteiger partial charge in [-0.15, -0.1) is 0 Å². The molecule has 0 aliphatic heterocycles. The molecule has 0 N–H and O–H groups in total. The molecule has 8 aromatic carbocycles. The van der Waals surface area contributed by atoms with Crippen molar-refractivity contribution in [1.82, 2.24) is 4.57 Å². The van der Waals surface area contributed by atoms with Gasteiger partial charge in [0.15, 0.2) is 0 Å². The van der Waals surface area contributed by atoms with Gasteiger partial charge in [-0.05, 0) is 105 Å². The first-order valence-electron chi connectivity index (χ1n) is 19.8. The number of hydrogen-bond acceptors (Lipinski definition) is 1. The first-order valence-corrected chi connectivity index (χ1v) is 19.8. The van der Waals surface area contributed by atoms with E-state index in [2.05, 4.69) is 219 Å². The second kappa shape index (κ2) is 11.9. The first-order chi connectivity index (χ1) is 27.3. The molecule has 9 aromatic rings. The van der Waals surface area contributed by atoms with Crippen LogP contribution in [0.15, 0.2) is 182 Å². The van der Waals surface area contributed by atoms with E-state index in [1.165, 1.54) is 77.4 Å². The molecule has 0 unspecified atom stereocenters. The Balaban J connectivity index is 1.15. The average molecular weight is 719 g/mol. The Labute approximate surface area is 328 Å². The lowest BCUT2D eigenvalue weighted by Gasteiger charge is -2.30. The van der Waals surface area contributed by atoms with E-state index in [1.807, 2.05) is 0 Å². The van der Waals surface area contributed by atoms with Crippen LogP contribution in [0.2, 0.25) is 0 Å². The minimum atomic E-state index is -0.0668. The Morgan fingerprint density at radius 3 is 1.52 bits per heavy atom. The topological polar surface area (TPSA) is 8.17 Å². The maximum absolute atomic E-state index is 2.49. The normalized spacial score (nSPS) is 14.4. The smallest absolute Gasteiger partial charge is 0.0547 e. The molecule has 0 fully saturated rings. The monoisotopic (exact) mass is 718 g/mol. The molecule has 11 rings (SSSR count). The van der Waals surface area contributed by atoms with Crippen molar-refractivity contribution in [2.45, 2.75) is 38.5 Å². The Hall–Kier alpha value is -6.64. The van der Waals surface area contributed by atoms with Gasteiger partial charge in [0.25, 0.3) is 0 Å². The minimum Gasteiger partial charge on any atom is -0.310 e. The van der Waals surface area contributed by atoms with E-state index in [9.17, 15) is 0 Å². The van der Waals surface area contributed by atoms with Gasteiger partial charge in [0, 0.05) is 44.2 Å². The van der Waals surface area contributed by atoms with Crippen molar-refractivity contribution in [1.29, 1.82) is 0 Å². The lowest BCUT2D eigenvalue weighted by molar-refractivity contribution is 0.660. The number of hydrogen-bond donors (Lipinski definition) is 0. The second-order valence-corrected chi connectivity index (χ2v) is 16.6. The third-order valence-corrected chi connectivity index (χ3v) is 12.8.